The first-order valence-electron chi connectivity index (χ1n) is 8.93. The van der Waals surface area contributed by atoms with Crippen molar-refractivity contribution in [2.24, 2.45) is 5.92 Å². The Balaban J connectivity index is 1.49. The maximum absolute atomic E-state index is 11.8. The molecule has 0 aromatic heterocycles. The predicted octanol–water partition coefficient (Wildman–Crippen LogP) is 3.31. The van der Waals surface area contributed by atoms with E-state index < -0.39 is 0 Å². The van der Waals surface area contributed by atoms with Crippen LogP contribution in [0.15, 0.2) is 24.3 Å². The first-order chi connectivity index (χ1) is 11.1. The zero-order valence-corrected chi connectivity index (χ0v) is 14.6. The Kier molecular flexibility index (Phi) is 7.40. The van der Waals surface area contributed by atoms with Crippen molar-refractivity contribution in [3.63, 3.8) is 0 Å². The quantitative estimate of drug-likeness (QED) is 0.758. The Labute approximate surface area is 140 Å². The van der Waals surface area contributed by atoms with E-state index in [-0.39, 0.29) is 6.03 Å². The molecule has 0 unspecified atom stereocenters. The average Bonchev–Trinajstić information content (AvgIpc) is 2.56. The molecule has 0 bridgehead atoms. The third-order valence-electron chi connectivity index (χ3n) is 4.64. The number of carbonyl (C=O) groups is 1. The van der Waals surface area contributed by atoms with Crippen molar-refractivity contribution in [2.45, 2.75) is 46.1 Å². The van der Waals surface area contributed by atoms with E-state index in [0.29, 0.717) is 6.54 Å². The second kappa shape index (κ2) is 9.56. The Hall–Kier alpha value is -1.55. The lowest BCUT2D eigenvalue weighted by atomic mass is 9.99. The van der Waals surface area contributed by atoms with Crippen LogP contribution in [0.4, 0.5) is 4.79 Å². The highest BCUT2D eigenvalue weighted by Gasteiger charge is 2.14. The third kappa shape index (κ3) is 7.04. The number of aryl methyl sites for hydroxylation is 1. The van der Waals surface area contributed by atoms with Gasteiger partial charge in [-0.1, -0.05) is 36.8 Å². The monoisotopic (exact) mass is 317 g/mol. The molecule has 4 heteroatoms. The Morgan fingerprint density at radius 2 is 1.83 bits per heavy atom. The van der Waals surface area contributed by atoms with E-state index >= 15 is 0 Å². The van der Waals surface area contributed by atoms with Crippen molar-refractivity contribution < 1.29 is 4.79 Å². The van der Waals surface area contributed by atoms with Crippen molar-refractivity contribution >= 4 is 6.03 Å². The van der Waals surface area contributed by atoms with Crippen molar-refractivity contribution in [3.05, 3.63) is 35.4 Å². The van der Waals surface area contributed by atoms with Crippen molar-refractivity contribution in [2.75, 3.05) is 26.2 Å². The lowest BCUT2D eigenvalue weighted by Gasteiger charge is -2.30. The fourth-order valence-corrected chi connectivity index (χ4v) is 2.90. The van der Waals surface area contributed by atoms with Gasteiger partial charge in [-0.25, -0.2) is 4.79 Å². The number of carbonyl (C=O) groups excluding carboxylic acids is 1. The second-order valence-corrected chi connectivity index (χ2v) is 6.83. The second-order valence-electron chi connectivity index (χ2n) is 6.83. The zero-order chi connectivity index (χ0) is 16.5. The number of hydrogen-bond acceptors (Lipinski definition) is 2. The summed E-state index contributed by atoms with van der Waals surface area (Å²) in [5.74, 6) is 0.894. The SMILES string of the molecule is Cc1ccc(CNC(=O)NCCCCN2CCC(C)CC2)cc1. The molecule has 128 valence electrons. The number of amides is 2. The fourth-order valence-electron chi connectivity index (χ4n) is 2.90. The Morgan fingerprint density at radius 3 is 2.52 bits per heavy atom. The van der Waals surface area contributed by atoms with E-state index in [9.17, 15) is 4.79 Å². The zero-order valence-electron chi connectivity index (χ0n) is 14.6. The summed E-state index contributed by atoms with van der Waals surface area (Å²) in [4.78, 5) is 14.3. The highest BCUT2D eigenvalue weighted by Crippen LogP contribution is 2.15. The molecule has 1 saturated heterocycles. The number of piperidine rings is 1. The third-order valence-corrected chi connectivity index (χ3v) is 4.64. The van der Waals surface area contributed by atoms with Crippen LogP contribution in [0.25, 0.3) is 0 Å². The van der Waals surface area contributed by atoms with Crippen LogP contribution in [0.1, 0.15) is 43.7 Å². The normalized spacial score (nSPS) is 16.3. The molecule has 1 aromatic carbocycles. The van der Waals surface area contributed by atoms with Gasteiger partial charge in [0.1, 0.15) is 0 Å². The standard InChI is InChI=1S/C19H31N3O/c1-16-5-7-18(8-6-16)15-21-19(23)20-11-3-4-12-22-13-9-17(2)10-14-22/h5-8,17H,3-4,9-15H2,1-2H3,(H2,20,21,23). The van der Waals surface area contributed by atoms with Crippen molar-refractivity contribution in [1.29, 1.82) is 0 Å². The minimum atomic E-state index is -0.0719. The van der Waals surface area contributed by atoms with Gasteiger partial charge in [0.05, 0.1) is 0 Å². The summed E-state index contributed by atoms with van der Waals surface area (Å²) < 4.78 is 0. The molecule has 1 aliphatic heterocycles. The number of benzene rings is 1. The summed E-state index contributed by atoms with van der Waals surface area (Å²) in [7, 11) is 0. The number of nitrogens with zero attached hydrogens (tertiary/aromatic N) is 1. The number of hydrogen-bond donors (Lipinski definition) is 2. The Bertz CT molecular complexity index is 464. The molecule has 2 amide bonds. The molecule has 23 heavy (non-hydrogen) atoms. The topological polar surface area (TPSA) is 44.4 Å². The van der Waals surface area contributed by atoms with Gasteiger partial charge < -0.3 is 15.5 Å². The molecule has 0 saturated carbocycles. The number of unbranched alkanes of at least 4 members (excludes halogenated alkanes) is 1. The minimum Gasteiger partial charge on any atom is -0.338 e. The average molecular weight is 317 g/mol. The van der Waals surface area contributed by atoms with Crippen molar-refractivity contribution in [1.82, 2.24) is 15.5 Å². The predicted molar refractivity (Wildman–Crippen MR) is 95.5 cm³/mol. The summed E-state index contributed by atoms with van der Waals surface area (Å²) in [6.07, 6.45) is 4.87. The van der Waals surface area contributed by atoms with Crippen LogP contribution in [0.2, 0.25) is 0 Å². The fraction of sp³-hybridized carbons (Fsp3) is 0.632. The van der Waals surface area contributed by atoms with Crippen LogP contribution >= 0.6 is 0 Å². The van der Waals surface area contributed by atoms with E-state index in [1.54, 1.807) is 0 Å². The van der Waals surface area contributed by atoms with Crippen molar-refractivity contribution in [3.8, 4) is 0 Å². The summed E-state index contributed by atoms with van der Waals surface area (Å²) >= 11 is 0. The summed E-state index contributed by atoms with van der Waals surface area (Å²) in [6.45, 7) is 9.39. The molecule has 0 aliphatic carbocycles. The molecular weight excluding hydrogens is 286 g/mol. The highest BCUT2D eigenvalue weighted by atomic mass is 16.2. The molecule has 1 aliphatic rings. The lowest BCUT2D eigenvalue weighted by molar-refractivity contribution is 0.189. The van der Waals surface area contributed by atoms with E-state index in [1.807, 2.05) is 0 Å². The van der Waals surface area contributed by atoms with Crippen LogP contribution in [0, 0.1) is 12.8 Å². The number of nitrogens with one attached hydrogen (secondary N) is 2. The van der Waals surface area contributed by atoms with Gasteiger partial charge in [-0.2, -0.15) is 0 Å². The van der Waals surface area contributed by atoms with E-state index in [2.05, 4.69) is 53.6 Å². The largest absolute Gasteiger partial charge is 0.338 e. The van der Waals surface area contributed by atoms with Gasteiger partial charge in [0.15, 0.2) is 0 Å². The molecule has 2 rings (SSSR count). The van der Waals surface area contributed by atoms with Crippen LogP contribution in [-0.2, 0) is 6.54 Å². The van der Waals surface area contributed by atoms with Crippen LogP contribution in [0.3, 0.4) is 0 Å². The van der Waals surface area contributed by atoms with Crippen LogP contribution < -0.4 is 10.6 Å². The van der Waals surface area contributed by atoms with Gasteiger partial charge in [-0.15, -0.1) is 0 Å². The summed E-state index contributed by atoms with van der Waals surface area (Å²) in [6, 6.07) is 8.16. The Morgan fingerprint density at radius 1 is 1.13 bits per heavy atom. The molecule has 1 fully saturated rings. The highest BCUT2D eigenvalue weighted by molar-refractivity contribution is 5.73. The maximum Gasteiger partial charge on any atom is 0.315 e. The van der Waals surface area contributed by atoms with Crippen LogP contribution in [0.5, 0.6) is 0 Å². The van der Waals surface area contributed by atoms with Gasteiger partial charge in [0, 0.05) is 13.1 Å². The van der Waals surface area contributed by atoms with Crippen LogP contribution in [-0.4, -0.2) is 37.1 Å². The number of rotatable bonds is 7. The summed E-state index contributed by atoms with van der Waals surface area (Å²) in [5.41, 5.74) is 2.37. The van der Waals surface area contributed by atoms with E-state index in [0.717, 1.165) is 30.9 Å². The molecule has 0 radical (unpaired) electrons. The van der Waals surface area contributed by atoms with Gasteiger partial charge in [0.2, 0.25) is 0 Å². The number of likely N-dealkylation sites (tertiary alicyclic amines) is 1. The smallest absolute Gasteiger partial charge is 0.315 e. The first kappa shape index (κ1) is 17.8. The lowest BCUT2D eigenvalue weighted by Crippen LogP contribution is -2.36. The van der Waals surface area contributed by atoms with Gasteiger partial charge in [0.25, 0.3) is 0 Å². The molecule has 0 atom stereocenters. The van der Waals surface area contributed by atoms with Gasteiger partial charge in [-0.05, 0) is 63.7 Å². The molecular formula is C19H31N3O. The number of urea groups is 1. The molecule has 0 spiro atoms. The maximum atomic E-state index is 11.8. The van der Waals surface area contributed by atoms with E-state index in [1.165, 1.54) is 38.0 Å². The molecule has 4 nitrogen and oxygen atoms in total. The van der Waals surface area contributed by atoms with Gasteiger partial charge >= 0.3 is 6.03 Å². The van der Waals surface area contributed by atoms with E-state index in [4.69, 9.17) is 0 Å². The molecule has 1 heterocycles. The molecule has 1 aromatic rings. The van der Waals surface area contributed by atoms with Gasteiger partial charge in [-0.3, -0.25) is 0 Å². The summed E-state index contributed by atoms with van der Waals surface area (Å²) in [5, 5.41) is 5.84. The molecule has 2 N–H and O–H groups in total. The first-order valence-corrected chi connectivity index (χ1v) is 8.93. The minimum absolute atomic E-state index is 0.0719.